The van der Waals surface area contributed by atoms with Crippen LogP contribution in [0.3, 0.4) is 0 Å². The molecule has 0 bridgehead atoms. The maximum Gasteiger partial charge on any atom is 0.0794 e. The minimum atomic E-state index is 0.150. The van der Waals surface area contributed by atoms with Gasteiger partial charge in [-0.2, -0.15) is 0 Å². The molecule has 1 aliphatic carbocycles. The predicted molar refractivity (Wildman–Crippen MR) is 69.1 cm³/mol. The highest BCUT2D eigenvalue weighted by Crippen LogP contribution is 2.50. The van der Waals surface area contributed by atoms with E-state index < -0.39 is 0 Å². The third kappa shape index (κ3) is 2.03. The molecule has 2 N–H and O–H groups in total. The van der Waals surface area contributed by atoms with Crippen LogP contribution in [0.25, 0.3) is 0 Å². The van der Waals surface area contributed by atoms with Crippen LogP contribution in [0.4, 0.5) is 0 Å². The van der Waals surface area contributed by atoms with Gasteiger partial charge in [-0.15, -0.1) is 11.3 Å². The number of rotatable bonds is 3. The molecule has 2 nitrogen and oxygen atoms in total. The van der Waals surface area contributed by atoms with Crippen molar-refractivity contribution in [2.24, 2.45) is 17.1 Å². The summed E-state index contributed by atoms with van der Waals surface area (Å²) in [6.07, 6.45) is 9.30. The molecule has 3 heteroatoms. The lowest BCUT2D eigenvalue weighted by atomic mass is 9.62. The lowest BCUT2D eigenvalue weighted by Gasteiger charge is -2.45. The van der Waals surface area contributed by atoms with Gasteiger partial charge in [-0.05, 0) is 30.6 Å². The van der Waals surface area contributed by atoms with Crippen LogP contribution in [0.2, 0.25) is 0 Å². The molecule has 89 valence electrons. The quantitative estimate of drug-likeness (QED) is 0.873. The van der Waals surface area contributed by atoms with Crippen molar-refractivity contribution in [3.05, 3.63) is 23.0 Å². The fraction of sp³-hybridized carbons (Fsp3) is 0.692. The van der Waals surface area contributed by atoms with Crippen LogP contribution >= 0.6 is 11.3 Å². The molecule has 1 saturated carbocycles. The average molecular weight is 237 g/mol. The van der Waals surface area contributed by atoms with Crippen LogP contribution in [-0.2, 0) is 0 Å². The van der Waals surface area contributed by atoms with Crippen molar-refractivity contribution in [1.29, 1.82) is 0 Å². The number of hydrogen-bond acceptors (Lipinski definition) is 3. The Morgan fingerprint density at radius 2 is 2.31 bits per heavy atom. The van der Waals surface area contributed by atoms with Crippen LogP contribution < -0.4 is 5.73 Å². The van der Waals surface area contributed by atoms with Crippen molar-refractivity contribution in [1.82, 2.24) is 4.98 Å². The molecule has 1 aliphatic rings. The molecule has 1 aromatic heterocycles. The van der Waals surface area contributed by atoms with E-state index >= 15 is 0 Å². The second-order valence-corrected chi connectivity index (χ2v) is 6.07. The molecule has 2 atom stereocenters. The zero-order valence-electron chi connectivity index (χ0n) is 10.1. The highest BCUT2D eigenvalue weighted by Gasteiger charge is 2.41. The number of aromatic nitrogens is 1. The fourth-order valence-corrected chi connectivity index (χ4v) is 3.62. The van der Waals surface area contributed by atoms with Gasteiger partial charge in [-0.1, -0.05) is 26.7 Å². The Hall–Kier alpha value is -0.410. The van der Waals surface area contributed by atoms with Crippen LogP contribution in [0, 0.1) is 17.8 Å². The maximum absolute atomic E-state index is 6.50. The summed E-state index contributed by atoms with van der Waals surface area (Å²) in [5.41, 5.74) is 8.64. The Labute approximate surface area is 102 Å². The number of hydrogen-bond donors (Lipinski definition) is 1. The van der Waals surface area contributed by atoms with Crippen LogP contribution in [-0.4, -0.2) is 4.98 Å². The van der Waals surface area contributed by atoms with Gasteiger partial charge in [0.1, 0.15) is 0 Å². The summed E-state index contributed by atoms with van der Waals surface area (Å²) >= 11 is 1.69. The smallest absolute Gasteiger partial charge is 0.0794 e. The Morgan fingerprint density at radius 3 is 2.81 bits per heavy atom. The first-order valence-electron chi connectivity index (χ1n) is 6.12. The fourth-order valence-electron chi connectivity index (χ4n) is 2.88. The van der Waals surface area contributed by atoms with Gasteiger partial charge >= 0.3 is 0 Å². The third-order valence-corrected chi connectivity index (χ3v) is 4.96. The molecular weight excluding hydrogens is 216 g/mol. The zero-order chi connectivity index (χ0) is 11.6. The topological polar surface area (TPSA) is 38.9 Å². The van der Waals surface area contributed by atoms with Crippen molar-refractivity contribution in [2.75, 3.05) is 0 Å². The van der Waals surface area contributed by atoms with Gasteiger partial charge < -0.3 is 5.73 Å². The van der Waals surface area contributed by atoms with Crippen LogP contribution in [0.15, 0.2) is 11.7 Å². The molecule has 2 unspecified atom stereocenters. The minimum Gasteiger partial charge on any atom is -0.323 e. The average Bonchev–Trinajstić information content (AvgIpc) is 2.82. The van der Waals surface area contributed by atoms with Gasteiger partial charge in [0.2, 0.25) is 0 Å². The Morgan fingerprint density at radius 1 is 1.50 bits per heavy atom. The summed E-state index contributed by atoms with van der Waals surface area (Å²) in [4.78, 5) is 5.40. The number of nitrogens with zero attached hydrogens (tertiary/aromatic N) is 1. The van der Waals surface area contributed by atoms with Gasteiger partial charge in [0.15, 0.2) is 0 Å². The van der Waals surface area contributed by atoms with E-state index in [0.717, 1.165) is 6.42 Å². The maximum atomic E-state index is 6.50. The highest BCUT2D eigenvalue weighted by atomic mass is 32.1. The molecule has 0 spiro atoms. The highest BCUT2D eigenvalue weighted by molar-refractivity contribution is 7.09. The molecule has 0 aromatic carbocycles. The van der Waals surface area contributed by atoms with Gasteiger partial charge in [0.25, 0.3) is 0 Å². The normalized spacial score (nSPS) is 22.2. The molecule has 1 heterocycles. The molecule has 1 aromatic rings. The monoisotopic (exact) mass is 237 g/mol. The van der Waals surface area contributed by atoms with Crippen molar-refractivity contribution in [3.8, 4) is 0 Å². The first kappa shape index (κ1) is 12.1. The predicted octanol–water partition coefficient (Wildman–Crippen LogP) is 3.56. The van der Waals surface area contributed by atoms with Gasteiger partial charge in [0, 0.05) is 17.1 Å². The molecule has 1 fully saturated rings. The molecule has 2 rings (SSSR count). The van der Waals surface area contributed by atoms with Crippen molar-refractivity contribution >= 4 is 11.3 Å². The van der Waals surface area contributed by atoms with Gasteiger partial charge in [-0.3, -0.25) is 4.98 Å². The van der Waals surface area contributed by atoms with E-state index in [1.165, 1.54) is 24.1 Å². The zero-order valence-corrected chi connectivity index (χ0v) is 11.0. The molecular formula is C13H21N2S. The Balaban J connectivity index is 2.25. The minimum absolute atomic E-state index is 0.150. The summed E-state index contributed by atoms with van der Waals surface area (Å²) in [7, 11) is 0. The van der Waals surface area contributed by atoms with Gasteiger partial charge in [0.05, 0.1) is 5.51 Å². The van der Waals surface area contributed by atoms with E-state index in [9.17, 15) is 0 Å². The largest absolute Gasteiger partial charge is 0.323 e. The van der Waals surface area contributed by atoms with E-state index in [1.54, 1.807) is 11.3 Å². The van der Waals surface area contributed by atoms with Crippen molar-refractivity contribution < 1.29 is 0 Å². The number of nitrogens with two attached hydrogens (primary N) is 1. The number of thiazole rings is 1. The van der Waals surface area contributed by atoms with E-state index in [-0.39, 0.29) is 11.5 Å². The Kier molecular flexibility index (Phi) is 3.65. The standard InChI is InChI=1S/C13H21N2S/c1-10(2)13(6-4-3-5-7-13)12(14)11-8-15-9-16-11/h4,8-10,12H,3,5-7,14H2,1-2H3. The summed E-state index contributed by atoms with van der Waals surface area (Å²) in [5.74, 6) is 0.626. The van der Waals surface area contributed by atoms with Crippen molar-refractivity contribution in [2.45, 2.75) is 45.6 Å². The van der Waals surface area contributed by atoms with Crippen molar-refractivity contribution in [3.63, 3.8) is 0 Å². The molecule has 16 heavy (non-hydrogen) atoms. The second-order valence-electron chi connectivity index (χ2n) is 5.15. The summed E-state index contributed by atoms with van der Waals surface area (Å²) in [6, 6.07) is 0.150. The molecule has 1 radical (unpaired) electrons. The van der Waals surface area contributed by atoms with E-state index in [0.29, 0.717) is 5.92 Å². The van der Waals surface area contributed by atoms with E-state index in [2.05, 4.69) is 25.3 Å². The Bertz CT molecular complexity index is 313. The summed E-state index contributed by atoms with van der Waals surface area (Å²) in [5, 5.41) is 0. The first-order valence-corrected chi connectivity index (χ1v) is 7.00. The molecule has 0 saturated heterocycles. The first-order chi connectivity index (χ1) is 7.67. The summed E-state index contributed by atoms with van der Waals surface area (Å²) < 4.78 is 0. The van der Waals surface area contributed by atoms with E-state index in [4.69, 9.17) is 5.73 Å². The summed E-state index contributed by atoms with van der Waals surface area (Å²) in [6.45, 7) is 4.61. The molecule has 0 amide bonds. The van der Waals surface area contributed by atoms with Crippen LogP contribution in [0.5, 0.6) is 0 Å². The lowest BCUT2D eigenvalue weighted by molar-refractivity contribution is 0.104. The van der Waals surface area contributed by atoms with E-state index in [1.807, 2.05) is 11.7 Å². The third-order valence-electron chi connectivity index (χ3n) is 4.10. The van der Waals surface area contributed by atoms with Crippen LogP contribution in [0.1, 0.15) is 50.4 Å². The van der Waals surface area contributed by atoms with Gasteiger partial charge in [-0.25, -0.2) is 0 Å². The SMILES string of the molecule is CC(C)C1(C(N)c2cncs2)C[CH]CCC1. The lowest BCUT2D eigenvalue weighted by Crippen LogP contribution is -2.40. The molecule has 0 aliphatic heterocycles. The second kappa shape index (κ2) is 4.84.